The summed E-state index contributed by atoms with van der Waals surface area (Å²) in [6.07, 6.45) is 0. The van der Waals surface area contributed by atoms with Crippen molar-refractivity contribution in [2.24, 2.45) is 0 Å². The first-order chi connectivity index (χ1) is 9.13. The molecule has 0 aliphatic carbocycles. The van der Waals surface area contributed by atoms with E-state index >= 15 is 0 Å². The Morgan fingerprint density at radius 2 is 1.74 bits per heavy atom. The average molecular weight is 257 g/mol. The van der Waals surface area contributed by atoms with Gasteiger partial charge in [0.1, 0.15) is 0 Å². The minimum atomic E-state index is -0.436. The van der Waals surface area contributed by atoms with Crippen LogP contribution in [0.1, 0.15) is 10.4 Å². The number of nitro benzene ring substituents is 1. The maximum atomic E-state index is 11.3. The van der Waals surface area contributed by atoms with Crippen LogP contribution in [0.4, 0.5) is 5.69 Å². The Bertz CT molecular complexity index is 620. The molecule has 0 aliphatic rings. The molecule has 0 aromatic heterocycles. The topological polar surface area (TPSA) is 69.4 Å². The zero-order valence-electron chi connectivity index (χ0n) is 10.2. The lowest BCUT2D eigenvalue weighted by molar-refractivity contribution is -0.384. The van der Waals surface area contributed by atoms with Crippen molar-refractivity contribution in [2.45, 2.75) is 0 Å². The third-order valence-electron chi connectivity index (χ3n) is 2.72. The lowest BCUT2D eigenvalue weighted by Crippen LogP contribution is -2.00. The van der Waals surface area contributed by atoms with Crippen molar-refractivity contribution in [3.05, 3.63) is 64.2 Å². The number of nitro groups is 1. The largest absolute Gasteiger partial charge is 0.465 e. The maximum Gasteiger partial charge on any atom is 0.337 e. The molecule has 0 saturated heterocycles. The van der Waals surface area contributed by atoms with Crippen molar-refractivity contribution in [1.29, 1.82) is 0 Å². The number of rotatable bonds is 3. The second-order valence-corrected chi connectivity index (χ2v) is 3.84. The number of ether oxygens (including phenoxy) is 1. The molecule has 0 heterocycles. The first kappa shape index (κ1) is 12.8. The molecule has 0 aliphatic heterocycles. The van der Waals surface area contributed by atoms with Gasteiger partial charge in [-0.3, -0.25) is 10.1 Å². The zero-order chi connectivity index (χ0) is 13.8. The minimum absolute atomic E-state index is 0.0355. The number of nitrogens with zero attached hydrogens (tertiary/aromatic N) is 1. The number of benzene rings is 2. The second-order valence-electron chi connectivity index (χ2n) is 3.84. The van der Waals surface area contributed by atoms with Crippen LogP contribution in [0.3, 0.4) is 0 Å². The first-order valence-electron chi connectivity index (χ1n) is 5.55. The van der Waals surface area contributed by atoms with Gasteiger partial charge >= 0.3 is 5.97 Å². The Hall–Kier alpha value is -2.69. The van der Waals surface area contributed by atoms with Gasteiger partial charge in [0.2, 0.25) is 0 Å². The quantitative estimate of drug-likeness (QED) is 0.481. The Kier molecular flexibility index (Phi) is 3.56. The molecule has 96 valence electrons. The van der Waals surface area contributed by atoms with Gasteiger partial charge in [-0.25, -0.2) is 4.79 Å². The van der Waals surface area contributed by atoms with Gasteiger partial charge < -0.3 is 4.74 Å². The fourth-order valence-corrected chi connectivity index (χ4v) is 1.78. The molecule has 5 nitrogen and oxygen atoms in total. The molecule has 0 atom stereocenters. The van der Waals surface area contributed by atoms with Crippen molar-refractivity contribution in [2.75, 3.05) is 7.11 Å². The molecule has 0 unspecified atom stereocenters. The lowest BCUT2D eigenvalue weighted by Gasteiger charge is -2.04. The number of hydrogen-bond donors (Lipinski definition) is 0. The normalized spacial score (nSPS) is 9.95. The summed E-state index contributed by atoms with van der Waals surface area (Å²) < 4.78 is 4.60. The molecule has 0 N–H and O–H groups in total. The fraction of sp³-hybridized carbons (Fsp3) is 0.0714. The summed E-state index contributed by atoms with van der Waals surface area (Å²) in [6, 6.07) is 13.0. The number of carbonyl (C=O) groups excluding carboxylic acids is 1. The van der Waals surface area contributed by atoms with E-state index in [2.05, 4.69) is 4.74 Å². The van der Waals surface area contributed by atoms with Gasteiger partial charge in [-0.1, -0.05) is 24.3 Å². The maximum absolute atomic E-state index is 11.3. The van der Waals surface area contributed by atoms with Crippen LogP contribution in [0.15, 0.2) is 48.5 Å². The van der Waals surface area contributed by atoms with E-state index < -0.39 is 10.9 Å². The third-order valence-corrected chi connectivity index (χ3v) is 2.72. The summed E-state index contributed by atoms with van der Waals surface area (Å²) in [4.78, 5) is 21.8. The van der Waals surface area contributed by atoms with Crippen molar-refractivity contribution < 1.29 is 14.5 Å². The minimum Gasteiger partial charge on any atom is -0.465 e. The van der Waals surface area contributed by atoms with E-state index in [4.69, 9.17) is 0 Å². The Morgan fingerprint density at radius 1 is 1.11 bits per heavy atom. The predicted molar refractivity (Wildman–Crippen MR) is 69.9 cm³/mol. The zero-order valence-corrected chi connectivity index (χ0v) is 10.2. The number of hydrogen-bond acceptors (Lipinski definition) is 4. The fourth-order valence-electron chi connectivity index (χ4n) is 1.78. The summed E-state index contributed by atoms with van der Waals surface area (Å²) in [5.74, 6) is -0.436. The number of carbonyl (C=O) groups is 1. The van der Waals surface area contributed by atoms with E-state index in [-0.39, 0.29) is 5.69 Å². The highest BCUT2D eigenvalue weighted by atomic mass is 16.6. The van der Waals surface area contributed by atoms with Crippen LogP contribution in [0, 0.1) is 10.1 Å². The van der Waals surface area contributed by atoms with Gasteiger partial charge in [-0.15, -0.1) is 0 Å². The molecular weight excluding hydrogens is 246 g/mol. The van der Waals surface area contributed by atoms with E-state index in [0.29, 0.717) is 16.7 Å². The number of esters is 1. The summed E-state index contributed by atoms with van der Waals surface area (Å²) >= 11 is 0. The molecule has 0 spiro atoms. The van der Waals surface area contributed by atoms with Crippen molar-refractivity contribution in [1.82, 2.24) is 0 Å². The smallest absolute Gasteiger partial charge is 0.337 e. The van der Waals surface area contributed by atoms with Crippen LogP contribution in [-0.2, 0) is 4.74 Å². The molecule has 0 fully saturated rings. The van der Waals surface area contributed by atoms with E-state index in [1.807, 2.05) is 0 Å². The molecule has 0 amide bonds. The number of para-hydroxylation sites is 1. The molecular formula is C14H11NO4. The average Bonchev–Trinajstić information content (AvgIpc) is 2.46. The standard InChI is InChI=1S/C14H11NO4/c1-19-14(16)11-8-6-10(7-9-11)12-4-2-3-5-13(12)15(17)18/h2-9H,1H3. The highest BCUT2D eigenvalue weighted by Crippen LogP contribution is 2.29. The summed E-state index contributed by atoms with van der Waals surface area (Å²) in [6.45, 7) is 0. The highest BCUT2D eigenvalue weighted by molar-refractivity contribution is 5.90. The Balaban J connectivity index is 2.43. The van der Waals surface area contributed by atoms with Gasteiger partial charge in [-0.2, -0.15) is 0 Å². The summed E-state index contributed by atoms with van der Waals surface area (Å²) in [5, 5.41) is 10.9. The molecule has 5 heteroatoms. The van der Waals surface area contributed by atoms with E-state index in [9.17, 15) is 14.9 Å². The molecule has 2 aromatic rings. The number of methoxy groups -OCH3 is 1. The molecule has 0 saturated carbocycles. The van der Waals surface area contributed by atoms with Crippen molar-refractivity contribution >= 4 is 11.7 Å². The van der Waals surface area contributed by atoms with Gasteiger partial charge in [0.05, 0.1) is 23.2 Å². The lowest BCUT2D eigenvalue weighted by atomic mass is 10.0. The third kappa shape index (κ3) is 2.60. The van der Waals surface area contributed by atoms with E-state index in [0.717, 1.165) is 0 Å². The molecule has 2 aromatic carbocycles. The second kappa shape index (κ2) is 5.30. The van der Waals surface area contributed by atoms with Gasteiger partial charge in [0, 0.05) is 6.07 Å². The van der Waals surface area contributed by atoms with Crippen molar-refractivity contribution in [3.63, 3.8) is 0 Å². The van der Waals surface area contributed by atoms with Gasteiger partial charge in [-0.05, 0) is 23.8 Å². The molecule has 2 rings (SSSR count). The van der Waals surface area contributed by atoms with Crippen LogP contribution in [0.5, 0.6) is 0 Å². The van der Waals surface area contributed by atoms with E-state index in [1.54, 1.807) is 42.5 Å². The van der Waals surface area contributed by atoms with Gasteiger partial charge in [0.25, 0.3) is 5.69 Å². The summed E-state index contributed by atoms with van der Waals surface area (Å²) in [7, 11) is 1.30. The monoisotopic (exact) mass is 257 g/mol. The van der Waals surface area contributed by atoms with Gasteiger partial charge in [0.15, 0.2) is 0 Å². The summed E-state index contributed by atoms with van der Waals surface area (Å²) in [5.41, 5.74) is 1.64. The Morgan fingerprint density at radius 3 is 2.32 bits per heavy atom. The van der Waals surface area contributed by atoms with Crippen LogP contribution in [0.2, 0.25) is 0 Å². The van der Waals surface area contributed by atoms with Crippen LogP contribution >= 0.6 is 0 Å². The Labute approximate surface area is 109 Å². The van der Waals surface area contributed by atoms with Crippen LogP contribution < -0.4 is 0 Å². The molecule has 0 bridgehead atoms. The SMILES string of the molecule is COC(=O)c1ccc(-c2ccccc2[N+](=O)[O-])cc1. The first-order valence-corrected chi connectivity index (χ1v) is 5.55. The molecule has 19 heavy (non-hydrogen) atoms. The molecule has 0 radical (unpaired) electrons. The van der Waals surface area contributed by atoms with Crippen molar-refractivity contribution in [3.8, 4) is 11.1 Å². The van der Waals surface area contributed by atoms with E-state index in [1.165, 1.54) is 13.2 Å². The predicted octanol–water partition coefficient (Wildman–Crippen LogP) is 3.05. The van der Waals surface area contributed by atoms with Crippen LogP contribution in [-0.4, -0.2) is 18.0 Å². The highest BCUT2D eigenvalue weighted by Gasteiger charge is 2.14. The van der Waals surface area contributed by atoms with Crippen LogP contribution in [0.25, 0.3) is 11.1 Å².